The Morgan fingerprint density at radius 3 is 2.18 bits per heavy atom. The lowest BCUT2D eigenvalue weighted by Crippen LogP contribution is -2.32. The molecular weight excluding hydrogens is 142 g/mol. The fourth-order valence-electron chi connectivity index (χ4n) is 1.02. The van der Waals surface area contributed by atoms with Gasteiger partial charge in [0.25, 0.3) is 0 Å². The molecule has 0 fully saturated rings. The summed E-state index contributed by atoms with van der Waals surface area (Å²) in [4.78, 5) is 2.14. The monoisotopic (exact) mass is 161 g/mol. The molecule has 0 aromatic carbocycles. The van der Waals surface area contributed by atoms with Crippen molar-refractivity contribution >= 4 is 0 Å². The summed E-state index contributed by atoms with van der Waals surface area (Å²) >= 11 is 0. The second-order valence-corrected chi connectivity index (χ2v) is 2.65. The number of aliphatic hydroxyl groups excluding tert-OH is 2. The quantitative estimate of drug-likeness (QED) is 0.579. The maximum atomic E-state index is 9.28. The van der Waals surface area contributed by atoms with Crippen LogP contribution in [-0.4, -0.2) is 47.5 Å². The van der Waals surface area contributed by atoms with E-state index < -0.39 is 0 Å². The maximum Gasteiger partial charge on any atom is 0.0688 e. The first-order chi connectivity index (χ1) is 5.24. The van der Waals surface area contributed by atoms with Crippen LogP contribution in [0.25, 0.3) is 0 Å². The summed E-state index contributed by atoms with van der Waals surface area (Å²) < 4.78 is 0. The lowest BCUT2D eigenvalue weighted by molar-refractivity contribution is 0.0917. The molecule has 0 aliphatic heterocycles. The average Bonchev–Trinajstić information content (AvgIpc) is 2.01. The van der Waals surface area contributed by atoms with E-state index in [1.165, 1.54) is 0 Å². The summed E-state index contributed by atoms with van der Waals surface area (Å²) in [6.07, 6.45) is 0.108. The molecule has 3 heteroatoms. The summed E-state index contributed by atoms with van der Waals surface area (Å²) in [5.74, 6) is 0. The normalized spacial score (nSPS) is 13.9. The van der Waals surface area contributed by atoms with Crippen molar-refractivity contribution in [2.45, 2.75) is 26.4 Å². The first-order valence-electron chi connectivity index (χ1n) is 4.25. The third kappa shape index (κ3) is 5.18. The third-order valence-corrected chi connectivity index (χ3v) is 1.83. The summed E-state index contributed by atoms with van der Waals surface area (Å²) in [5, 5.41) is 17.8. The van der Waals surface area contributed by atoms with Gasteiger partial charge in [-0.05, 0) is 19.5 Å². The molecule has 0 amide bonds. The minimum atomic E-state index is -0.375. The van der Waals surface area contributed by atoms with E-state index in [1.54, 1.807) is 0 Å². The van der Waals surface area contributed by atoms with Gasteiger partial charge in [0, 0.05) is 13.2 Å². The molecule has 11 heavy (non-hydrogen) atoms. The Labute approximate surface area is 68.6 Å². The molecule has 0 spiro atoms. The largest absolute Gasteiger partial charge is 0.396 e. The molecule has 0 rings (SSSR count). The van der Waals surface area contributed by atoms with Crippen LogP contribution in [0, 0.1) is 0 Å². The summed E-state index contributed by atoms with van der Waals surface area (Å²) in [6.45, 7) is 6.79. The van der Waals surface area contributed by atoms with Crippen LogP contribution in [0.5, 0.6) is 0 Å². The van der Waals surface area contributed by atoms with Crippen LogP contribution in [-0.2, 0) is 0 Å². The van der Waals surface area contributed by atoms with Crippen LogP contribution in [0.15, 0.2) is 0 Å². The van der Waals surface area contributed by atoms with E-state index in [2.05, 4.69) is 18.7 Å². The fraction of sp³-hybridized carbons (Fsp3) is 1.00. The van der Waals surface area contributed by atoms with Gasteiger partial charge < -0.3 is 15.1 Å². The molecule has 0 aliphatic rings. The van der Waals surface area contributed by atoms with E-state index in [9.17, 15) is 5.11 Å². The lowest BCUT2D eigenvalue weighted by Gasteiger charge is -2.21. The summed E-state index contributed by atoms with van der Waals surface area (Å²) in [5.41, 5.74) is 0. The van der Waals surface area contributed by atoms with Crippen molar-refractivity contribution in [3.05, 3.63) is 0 Å². The van der Waals surface area contributed by atoms with Gasteiger partial charge in [0.05, 0.1) is 6.10 Å². The number of hydrogen-bond acceptors (Lipinski definition) is 3. The Hall–Kier alpha value is -0.120. The fourth-order valence-corrected chi connectivity index (χ4v) is 1.02. The topological polar surface area (TPSA) is 43.7 Å². The molecule has 0 bridgehead atoms. The molecule has 0 aliphatic carbocycles. The standard InChI is InChI=1S/C8H19NO2/c1-3-9(4-2)7-8(11)5-6-10/h8,10-11H,3-7H2,1-2H3. The summed E-state index contributed by atoms with van der Waals surface area (Å²) in [6, 6.07) is 0. The molecule has 0 aromatic heterocycles. The Balaban J connectivity index is 3.44. The molecule has 68 valence electrons. The van der Waals surface area contributed by atoms with E-state index in [-0.39, 0.29) is 12.7 Å². The van der Waals surface area contributed by atoms with Crippen LogP contribution in [0.4, 0.5) is 0 Å². The number of likely N-dealkylation sites (N-methyl/N-ethyl adjacent to an activating group) is 1. The predicted molar refractivity (Wildman–Crippen MR) is 45.5 cm³/mol. The van der Waals surface area contributed by atoms with Gasteiger partial charge in [-0.1, -0.05) is 13.8 Å². The molecule has 0 saturated heterocycles. The Bertz CT molecular complexity index is 84.2. The van der Waals surface area contributed by atoms with Crippen molar-refractivity contribution in [1.29, 1.82) is 0 Å². The van der Waals surface area contributed by atoms with Crippen LogP contribution in [0.3, 0.4) is 0 Å². The van der Waals surface area contributed by atoms with Gasteiger partial charge >= 0.3 is 0 Å². The van der Waals surface area contributed by atoms with Crippen molar-refractivity contribution in [3.8, 4) is 0 Å². The van der Waals surface area contributed by atoms with Crippen molar-refractivity contribution < 1.29 is 10.2 Å². The highest BCUT2D eigenvalue weighted by atomic mass is 16.3. The smallest absolute Gasteiger partial charge is 0.0688 e. The van der Waals surface area contributed by atoms with Gasteiger partial charge in [0.1, 0.15) is 0 Å². The number of nitrogens with zero attached hydrogens (tertiary/aromatic N) is 1. The van der Waals surface area contributed by atoms with E-state index in [4.69, 9.17) is 5.11 Å². The zero-order chi connectivity index (χ0) is 8.69. The first kappa shape index (κ1) is 10.9. The van der Waals surface area contributed by atoms with E-state index in [0.29, 0.717) is 13.0 Å². The molecule has 3 nitrogen and oxygen atoms in total. The highest BCUT2D eigenvalue weighted by molar-refractivity contribution is 4.61. The number of rotatable bonds is 6. The first-order valence-corrected chi connectivity index (χ1v) is 4.25. The van der Waals surface area contributed by atoms with E-state index >= 15 is 0 Å². The van der Waals surface area contributed by atoms with Crippen LogP contribution in [0.1, 0.15) is 20.3 Å². The van der Waals surface area contributed by atoms with Crippen molar-refractivity contribution in [1.82, 2.24) is 4.90 Å². The van der Waals surface area contributed by atoms with Crippen molar-refractivity contribution in [2.24, 2.45) is 0 Å². The third-order valence-electron chi connectivity index (χ3n) is 1.83. The molecule has 0 aromatic rings. The number of aliphatic hydroxyl groups is 2. The minimum absolute atomic E-state index is 0.0719. The predicted octanol–water partition coefficient (Wildman–Crippen LogP) is 0.0715. The molecular formula is C8H19NO2. The number of hydrogen-bond donors (Lipinski definition) is 2. The zero-order valence-corrected chi connectivity index (χ0v) is 7.45. The minimum Gasteiger partial charge on any atom is -0.396 e. The van der Waals surface area contributed by atoms with E-state index in [1.807, 2.05) is 0 Å². The Kier molecular flexibility index (Phi) is 6.51. The second kappa shape index (κ2) is 6.58. The molecule has 1 atom stereocenters. The second-order valence-electron chi connectivity index (χ2n) is 2.65. The molecule has 2 N–H and O–H groups in total. The highest BCUT2D eigenvalue weighted by Crippen LogP contribution is 1.95. The average molecular weight is 161 g/mol. The van der Waals surface area contributed by atoms with Gasteiger partial charge in [-0.15, -0.1) is 0 Å². The van der Waals surface area contributed by atoms with E-state index in [0.717, 1.165) is 13.1 Å². The van der Waals surface area contributed by atoms with Crippen LogP contribution >= 0.6 is 0 Å². The molecule has 1 unspecified atom stereocenters. The Morgan fingerprint density at radius 1 is 1.27 bits per heavy atom. The van der Waals surface area contributed by atoms with Crippen LogP contribution < -0.4 is 0 Å². The van der Waals surface area contributed by atoms with Crippen LogP contribution in [0.2, 0.25) is 0 Å². The molecule has 0 saturated carbocycles. The SMILES string of the molecule is CCN(CC)CC(O)CCO. The lowest BCUT2D eigenvalue weighted by atomic mass is 10.2. The van der Waals surface area contributed by atoms with Gasteiger partial charge in [0.15, 0.2) is 0 Å². The maximum absolute atomic E-state index is 9.28. The zero-order valence-electron chi connectivity index (χ0n) is 7.45. The van der Waals surface area contributed by atoms with Crippen molar-refractivity contribution in [3.63, 3.8) is 0 Å². The molecule has 0 radical (unpaired) electrons. The van der Waals surface area contributed by atoms with Gasteiger partial charge in [-0.25, -0.2) is 0 Å². The molecule has 0 heterocycles. The van der Waals surface area contributed by atoms with Crippen molar-refractivity contribution in [2.75, 3.05) is 26.2 Å². The van der Waals surface area contributed by atoms with Gasteiger partial charge in [-0.2, -0.15) is 0 Å². The van der Waals surface area contributed by atoms with Gasteiger partial charge in [0.2, 0.25) is 0 Å². The Morgan fingerprint density at radius 2 is 1.82 bits per heavy atom. The highest BCUT2D eigenvalue weighted by Gasteiger charge is 2.06. The summed E-state index contributed by atoms with van der Waals surface area (Å²) in [7, 11) is 0. The van der Waals surface area contributed by atoms with Gasteiger partial charge in [-0.3, -0.25) is 0 Å².